The zero-order valence-electron chi connectivity index (χ0n) is 13.1. The minimum atomic E-state index is -3.35. The van der Waals surface area contributed by atoms with Crippen LogP contribution in [-0.4, -0.2) is 30.8 Å². The van der Waals surface area contributed by atoms with Gasteiger partial charge in [0, 0.05) is 35.5 Å². The van der Waals surface area contributed by atoms with Crippen molar-refractivity contribution in [3.05, 3.63) is 57.4 Å². The molecule has 1 saturated heterocycles. The van der Waals surface area contributed by atoms with E-state index in [1.807, 2.05) is 37.3 Å². The lowest BCUT2D eigenvalue weighted by Gasteiger charge is -2.29. The summed E-state index contributed by atoms with van der Waals surface area (Å²) in [4.78, 5) is 4.53. The van der Waals surface area contributed by atoms with Crippen LogP contribution in [0, 0.1) is 6.92 Å². The van der Waals surface area contributed by atoms with Crippen LogP contribution in [0.3, 0.4) is 0 Å². The van der Waals surface area contributed by atoms with E-state index >= 15 is 0 Å². The summed E-state index contributed by atoms with van der Waals surface area (Å²) in [6, 6.07) is 9.49. The Morgan fingerprint density at radius 2 is 1.91 bits per heavy atom. The number of aryl methyl sites for hydroxylation is 1. The first-order valence-electron chi connectivity index (χ1n) is 7.70. The van der Waals surface area contributed by atoms with Crippen molar-refractivity contribution in [2.24, 2.45) is 0 Å². The Balaban J connectivity index is 1.63. The van der Waals surface area contributed by atoms with Gasteiger partial charge in [-0.15, -0.1) is 11.3 Å². The minimum Gasteiger partial charge on any atom is -0.246 e. The zero-order valence-corrected chi connectivity index (χ0v) is 14.7. The highest BCUT2D eigenvalue weighted by Gasteiger charge is 2.28. The third-order valence-electron chi connectivity index (χ3n) is 4.03. The summed E-state index contributed by atoms with van der Waals surface area (Å²) in [5, 5.41) is 4.51. The van der Waals surface area contributed by atoms with Crippen LogP contribution in [0.5, 0.6) is 0 Å². The van der Waals surface area contributed by atoms with Gasteiger partial charge in [0.15, 0.2) is 0 Å². The van der Waals surface area contributed by atoms with Crippen LogP contribution in [-0.2, 0) is 10.0 Å². The maximum Gasteiger partial charge on any atom is 0.236 e. The average Bonchev–Trinajstić information content (AvgIpc) is 3.01. The standard InChI is InChI=1S/C17H20N2O2S2/c1-14-13-22-17(18-14)16-7-10-19(11-8-16)23(20,21)12-9-15-5-3-2-4-6-15/h2-6,9,12-13,16H,7-8,10-11H2,1H3. The molecule has 3 rings (SSSR count). The molecular weight excluding hydrogens is 328 g/mol. The van der Waals surface area contributed by atoms with Crippen LogP contribution < -0.4 is 0 Å². The van der Waals surface area contributed by atoms with E-state index < -0.39 is 10.0 Å². The first kappa shape index (κ1) is 16.4. The first-order chi connectivity index (χ1) is 11.0. The van der Waals surface area contributed by atoms with E-state index in [0.29, 0.717) is 19.0 Å². The maximum atomic E-state index is 12.4. The van der Waals surface area contributed by atoms with Gasteiger partial charge in [-0.2, -0.15) is 4.31 Å². The second kappa shape index (κ2) is 6.95. The number of thiazole rings is 1. The van der Waals surface area contributed by atoms with Gasteiger partial charge in [0.25, 0.3) is 0 Å². The second-order valence-electron chi connectivity index (χ2n) is 5.76. The molecule has 0 unspecified atom stereocenters. The SMILES string of the molecule is Cc1csc(C2CCN(S(=O)(=O)C=Cc3ccccc3)CC2)n1. The van der Waals surface area contributed by atoms with Gasteiger partial charge in [0.1, 0.15) is 0 Å². The summed E-state index contributed by atoms with van der Waals surface area (Å²) < 4.78 is 26.4. The van der Waals surface area contributed by atoms with E-state index in [4.69, 9.17) is 0 Å². The monoisotopic (exact) mass is 348 g/mol. The number of aromatic nitrogens is 1. The number of hydrogen-bond acceptors (Lipinski definition) is 4. The highest BCUT2D eigenvalue weighted by atomic mass is 32.2. The molecule has 1 aliphatic rings. The lowest BCUT2D eigenvalue weighted by atomic mass is 9.99. The molecule has 2 heterocycles. The molecular formula is C17H20N2O2S2. The van der Waals surface area contributed by atoms with E-state index in [1.165, 1.54) is 5.41 Å². The Labute approximate surface area is 141 Å². The van der Waals surface area contributed by atoms with Gasteiger partial charge >= 0.3 is 0 Å². The summed E-state index contributed by atoms with van der Waals surface area (Å²) >= 11 is 1.68. The number of sulfonamides is 1. The number of piperidine rings is 1. The van der Waals surface area contributed by atoms with E-state index in [1.54, 1.807) is 21.7 Å². The van der Waals surface area contributed by atoms with Gasteiger partial charge in [-0.05, 0) is 31.4 Å². The largest absolute Gasteiger partial charge is 0.246 e. The first-order valence-corrected chi connectivity index (χ1v) is 10.1. The van der Waals surface area contributed by atoms with Crippen molar-refractivity contribution < 1.29 is 8.42 Å². The van der Waals surface area contributed by atoms with Gasteiger partial charge in [-0.25, -0.2) is 13.4 Å². The molecule has 0 aliphatic carbocycles. The normalized spacial score (nSPS) is 17.8. The molecule has 6 heteroatoms. The van der Waals surface area contributed by atoms with E-state index in [-0.39, 0.29) is 0 Å². The minimum absolute atomic E-state index is 0.387. The second-order valence-corrected chi connectivity index (χ2v) is 8.47. The summed E-state index contributed by atoms with van der Waals surface area (Å²) in [6.07, 6.45) is 3.34. The van der Waals surface area contributed by atoms with Crippen molar-refractivity contribution in [2.45, 2.75) is 25.7 Å². The average molecular weight is 348 g/mol. The van der Waals surface area contributed by atoms with Gasteiger partial charge in [0.2, 0.25) is 10.0 Å². The fraction of sp³-hybridized carbons (Fsp3) is 0.353. The lowest BCUT2D eigenvalue weighted by Crippen LogP contribution is -2.36. The molecule has 1 fully saturated rings. The molecule has 1 aromatic heterocycles. The Hall–Kier alpha value is -1.50. The predicted molar refractivity (Wildman–Crippen MR) is 94.8 cm³/mol. The van der Waals surface area contributed by atoms with Crippen molar-refractivity contribution in [2.75, 3.05) is 13.1 Å². The molecule has 4 nitrogen and oxygen atoms in total. The Morgan fingerprint density at radius 3 is 2.52 bits per heavy atom. The van der Waals surface area contributed by atoms with Crippen LogP contribution in [0.15, 0.2) is 41.1 Å². The fourth-order valence-electron chi connectivity index (χ4n) is 2.73. The molecule has 1 aromatic carbocycles. The van der Waals surface area contributed by atoms with E-state index in [9.17, 15) is 8.42 Å². The predicted octanol–water partition coefficient (Wildman–Crippen LogP) is 3.63. The molecule has 23 heavy (non-hydrogen) atoms. The Kier molecular flexibility index (Phi) is 4.94. The van der Waals surface area contributed by atoms with Crippen LogP contribution in [0.25, 0.3) is 6.08 Å². The molecule has 122 valence electrons. The zero-order chi connectivity index (χ0) is 16.3. The third-order valence-corrected chi connectivity index (χ3v) is 6.72. The number of nitrogens with zero attached hydrogens (tertiary/aromatic N) is 2. The van der Waals surface area contributed by atoms with Gasteiger partial charge in [0.05, 0.1) is 5.01 Å². The topological polar surface area (TPSA) is 50.3 Å². The van der Waals surface area contributed by atoms with Crippen molar-refractivity contribution in [3.8, 4) is 0 Å². The summed E-state index contributed by atoms with van der Waals surface area (Å²) in [5.41, 5.74) is 1.94. The van der Waals surface area contributed by atoms with Crippen molar-refractivity contribution in [1.82, 2.24) is 9.29 Å². The smallest absolute Gasteiger partial charge is 0.236 e. The van der Waals surface area contributed by atoms with E-state index in [2.05, 4.69) is 10.4 Å². The Morgan fingerprint density at radius 1 is 1.22 bits per heavy atom. The maximum absolute atomic E-state index is 12.4. The molecule has 0 bridgehead atoms. The van der Waals surface area contributed by atoms with Crippen molar-refractivity contribution in [1.29, 1.82) is 0 Å². The summed E-state index contributed by atoms with van der Waals surface area (Å²) in [6.45, 7) is 3.11. The van der Waals surface area contributed by atoms with Crippen molar-refractivity contribution >= 4 is 27.4 Å². The molecule has 2 aromatic rings. The molecule has 0 atom stereocenters. The molecule has 0 saturated carbocycles. The van der Waals surface area contributed by atoms with Crippen LogP contribution in [0.2, 0.25) is 0 Å². The number of rotatable bonds is 4. The highest BCUT2D eigenvalue weighted by Crippen LogP contribution is 2.31. The molecule has 0 amide bonds. The molecule has 0 spiro atoms. The lowest BCUT2D eigenvalue weighted by molar-refractivity contribution is 0.322. The number of hydrogen-bond donors (Lipinski definition) is 0. The van der Waals surface area contributed by atoms with Crippen LogP contribution in [0.1, 0.15) is 35.0 Å². The highest BCUT2D eigenvalue weighted by molar-refractivity contribution is 7.92. The molecule has 0 radical (unpaired) electrons. The fourth-order valence-corrected chi connectivity index (χ4v) is 4.92. The Bertz CT molecular complexity index is 774. The van der Waals surface area contributed by atoms with Crippen LogP contribution >= 0.6 is 11.3 Å². The van der Waals surface area contributed by atoms with Gasteiger partial charge in [-0.1, -0.05) is 30.3 Å². The number of benzene rings is 1. The van der Waals surface area contributed by atoms with Crippen LogP contribution in [0.4, 0.5) is 0 Å². The summed E-state index contributed by atoms with van der Waals surface area (Å²) in [5.74, 6) is 0.387. The molecule has 0 N–H and O–H groups in total. The van der Waals surface area contributed by atoms with Gasteiger partial charge < -0.3 is 0 Å². The van der Waals surface area contributed by atoms with E-state index in [0.717, 1.165) is 29.1 Å². The third kappa shape index (κ3) is 4.07. The summed E-state index contributed by atoms with van der Waals surface area (Å²) in [7, 11) is -3.35. The van der Waals surface area contributed by atoms with Gasteiger partial charge in [-0.3, -0.25) is 0 Å². The molecule has 1 aliphatic heterocycles. The van der Waals surface area contributed by atoms with Crippen molar-refractivity contribution in [3.63, 3.8) is 0 Å². The quantitative estimate of drug-likeness (QED) is 0.848.